The highest BCUT2D eigenvalue weighted by atomic mass is 35.5. The van der Waals surface area contributed by atoms with Gasteiger partial charge in [-0.25, -0.2) is 4.98 Å². The lowest BCUT2D eigenvalue weighted by Gasteiger charge is -2.23. The number of nitrogens with zero attached hydrogens (tertiary/aromatic N) is 3. The van der Waals surface area contributed by atoms with Crippen LogP contribution in [0, 0.1) is 5.92 Å². The molecule has 3 rings (SSSR count). The maximum atomic E-state index is 13.0. The summed E-state index contributed by atoms with van der Waals surface area (Å²) in [6, 6.07) is -0.839. The van der Waals surface area contributed by atoms with Gasteiger partial charge in [0.1, 0.15) is 6.04 Å². The molecule has 284 valence electrons. The third-order valence-corrected chi connectivity index (χ3v) is 8.99. The molecule has 2 aromatic heterocycles. The lowest BCUT2D eigenvalue weighted by atomic mass is 10.0. The fourth-order valence-electron chi connectivity index (χ4n) is 5.06. The number of hydrogen-bond acceptors (Lipinski definition) is 13. The second kappa shape index (κ2) is 25.4. The fraction of sp³-hybridized carbons (Fsp3) is 0.781. The Balaban J connectivity index is 1.27. The highest BCUT2D eigenvalue weighted by molar-refractivity contribution is 7.99. The van der Waals surface area contributed by atoms with Crippen LogP contribution in [-0.4, -0.2) is 135 Å². The molecule has 0 radical (unpaired) electrons. The predicted octanol–water partition coefficient (Wildman–Crippen LogP) is 1.72. The van der Waals surface area contributed by atoms with E-state index < -0.39 is 11.6 Å². The summed E-state index contributed by atoms with van der Waals surface area (Å²) >= 11 is 6.92. The average Bonchev–Trinajstić information content (AvgIpc) is 3.44. The maximum absolute atomic E-state index is 13.0. The maximum Gasteiger partial charge on any atom is 0.280 e. The first kappa shape index (κ1) is 41.9. The van der Waals surface area contributed by atoms with E-state index in [9.17, 15) is 14.4 Å². The summed E-state index contributed by atoms with van der Waals surface area (Å²) in [6.07, 6.45) is 6.13. The van der Waals surface area contributed by atoms with Crippen molar-refractivity contribution in [2.75, 3.05) is 103 Å². The van der Waals surface area contributed by atoms with Crippen LogP contribution in [0.2, 0.25) is 0 Å². The molecule has 1 atom stereocenters. The third-order valence-electron chi connectivity index (χ3n) is 7.65. The lowest BCUT2D eigenvalue weighted by molar-refractivity contribution is -0.127. The molecule has 0 unspecified atom stereocenters. The van der Waals surface area contributed by atoms with Gasteiger partial charge >= 0.3 is 0 Å². The van der Waals surface area contributed by atoms with E-state index in [1.165, 1.54) is 18.7 Å². The van der Waals surface area contributed by atoms with Crippen molar-refractivity contribution in [3.05, 3.63) is 10.4 Å². The number of fused-ring (bicyclic) bond motifs is 1. The van der Waals surface area contributed by atoms with Crippen LogP contribution in [0.5, 0.6) is 0 Å². The monoisotopic (exact) mass is 747 g/mol. The first-order valence-corrected chi connectivity index (χ1v) is 18.9. The van der Waals surface area contributed by atoms with E-state index in [0.717, 1.165) is 51.0 Å². The van der Waals surface area contributed by atoms with Gasteiger partial charge in [-0.3, -0.25) is 19.4 Å². The zero-order valence-corrected chi connectivity index (χ0v) is 30.7. The highest BCUT2D eigenvalue weighted by Gasteiger charge is 2.24. The molecule has 2 aromatic rings. The predicted molar refractivity (Wildman–Crippen MR) is 191 cm³/mol. The van der Waals surface area contributed by atoms with Gasteiger partial charge in [0.15, 0.2) is 16.3 Å². The molecule has 0 bridgehead atoms. The molecule has 3 heterocycles. The Morgan fingerprint density at radius 2 is 1.54 bits per heavy atom. The van der Waals surface area contributed by atoms with E-state index >= 15 is 0 Å². The topological polar surface area (TPSA) is 203 Å². The normalized spacial score (nSPS) is 14.3. The van der Waals surface area contributed by atoms with Gasteiger partial charge in [-0.05, 0) is 31.6 Å². The first-order valence-electron chi connectivity index (χ1n) is 17.3. The number of rotatable bonds is 28. The number of nitrogen functional groups attached to an aromatic ring is 1. The second-order valence-corrected chi connectivity index (χ2v) is 13.1. The zero-order chi connectivity index (χ0) is 35.8. The quantitative estimate of drug-likeness (QED) is 0.0557. The van der Waals surface area contributed by atoms with Crippen LogP contribution in [0.3, 0.4) is 0 Å². The molecule has 0 spiro atoms. The van der Waals surface area contributed by atoms with Gasteiger partial charge in [-0.1, -0.05) is 24.6 Å². The number of unbranched alkanes of at least 4 members (excludes halogenated alkanes) is 3. The number of aromatic amines is 1. The molecule has 50 heavy (non-hydrogen) atoms. The number of carbonyl (C=O) groups excluding carboxylic acids is 2. The third kappa shape index (κ3) is 16.7. The van der Waals surface area contributed by atoms with Crippen molar-refractivity contribution in [3.63, 3.8) is 0 Å². The number of nitrogens with one attached hydrogen (secondary N) is 3. The molecule has 0 aromatic carbocycles. The molecule has 16 nitrogen and oxygen atoms in total. The summed E-state index contributed by atoms with van der Waals surface area (Å²) in [7, 11) is 0. The minimum absolute atomic E-state index is 0.000327. The largest absolute Gasteiger partial charge is 0.381 e. The minimum Gasteiger partial charge on any atom is -0.381 e. The molecule has 1 fully saturated rings. The number of halogens is 1. The smallest absolute Gasteiger partial charge is 0.280 e. The van der Waals surface area contributed by atoms with Gasteiger partial charge in [0.25, 0.3) is 5.56 Å². The molecular weight excluding hydrogens is 694 g/mol. The van der Waals surface area contributed by atoms with Gasteiger partial charge in [-0.15, -0.1) is 11.6 Å². The molecule has 18 heteroatoms. The number of imidazole rings is 1. The van der Waals surface area contributed by atoms with Crippen LogP contribution >= 0.6 is 23.4 Å². The van der Waals surface area contributed by atoms with Crippen molar-refractivity contribution in [1.82, 2.24) is 30.2 Å². The number of ether oxygens (including phenoxy) is 6. The molecule has 1 saturated heterocycles. The van der Waals surface area contributed by atoms with Gasteiger partial charge < -0.3 is 49.4 Å². The van der Waals surface area contributed by atoms with Crippen molar-refractivity contribution < 1.29 is 38.0 Å². The molecular formula is C32H54ClN7O9S. The van der Waals surface area contributed by atoms with Crippen LogP contribution in [0.4, 0.5) is 5.95 Å². The average molecular weight is 748 g/mol. The van der Waals surface area contributed by atoms with Crippen molar-refractivity contribution >= 4 is 52.3 Å². The van der Waals surface area contributed by atoms with Gasteiger partial charge in [-0.2, -0.15) is 4.98 Å². The summed E-state index contributed by atoms with van der Waals surface area (Å²) in [4.78, 5) is 48.8. The van der Waals surface area contributed by atoms with E-state index in [2.05, 4.69) is 25.6 Å². The lowest BCUT2D eigenvalue weighted by Crippen LogP contribution is -2.48. The van der Waals surface area contributed by atoms with Gasteiger partial charge in [0.05, 0.1) is 59.5 Å². The number of carbonyl (C=O) groups is 2. The molecule has 1 aliphatic rings. The highest BCUT2D eigenvalue weighted by Crippen LogP contribution is 2.26. The van der Waals surface area contributed by atoms with Crippen molar-refractivity contribution in [2.24, 2.45) is 5.92 Å². The van der Waals surface area contributed by atoms with E-state index in [1.807, 2.05) is 4.57 Å². The number of alkyl halides is 1. The van der Waals surface area contributed by atoms with E-state index in [-0.39, 0.29) is 42.2 Å². The number of amides is 2. The SMILES string of the molecule is CC(=O)N[C@@H](CSc1nc2c(=O)[nH]c(N)nc2n1CC1CCOCC1)C(=O)NCCOCCOCCOCCOCCOCCCCCCCl. The first-order chi connectivity index (χ1) is 24.4. The Kier molecular flexibility index (Phi) is 21.3. The summed E-state index contributed by atoms with van der Waals surface area (Å²) in [5.74, 6) is 0.513. The van der Waals surface area contributed by atoms with Crippen LogP contribution in [0.25, 0.3) is 11.2 Å². The second-order valence-electron chi connectivity index (χ2n) is 11.7. The summed E-state index contributed by atoms with van der Waals surface area (Å²) in [5.41, 5.74) is 5.95. The molecule has 0 saturated carbocycles. The van der Waals surface area contributed by atoms with Crippen molar-refractivity contribution in [3.8, 4) is 0 Å². The number of thioether (sulfide) groups is 1. The minimum atomic E-state index is -0.839. The Labute approximate surface area is 302 Å². The molecule has 5 N–H and O–H groups in total. The Morgan fingerprint density at radius 1 is 0.940 bits per heavy atom. The number of H-pyrrole nitrogens is 1. The van der Waals surface area contributed by atoms with Crippen LogP contribution in [0.15, 0.2) is 9.95 Å². The molecule has 1 aliphatic heterocycles. The molecule has 0 aliphatic carbocycles. The van der Waals surface area contributed by atoms with E-state index in [0.29, 0.717) is 89.3 Å². The Hall–Kier alpha value is -2.51. The number of anilines is 1. The van der Waals surface area contributed by atoms with Crippen molar-refractivity contribution in [2.45, 2.75) is 63.2 Å². The van der Waals surface area contributed by atoms with Crippen LogP contribution in [0.1, 0.15) is 45.4 Å². The Bertz CT molecular complexity index is 1310. The Morgan fingerprint density at radius 3 is 2.16 bits per heavy atom. The van der Waals surface area contributed by atoms with Crippen molar-refractivity contribution in [1.29, 1.82) is 0 Å². The van der Waals surface area contributed by atoms with Gasteiger partial charge in [0, 0.05) is 51.5 Å². The number of nitrogens with two attached hydrogens (primary N) is 1. The standard InChI is InChI=1S/C32H54ClN7O9S/c1-24(41)36-26(23-50-32-37-27-28(38-31(34)39-30(27)43)40(32)22-25-6-11-45-12-7-25)29(42)35-9-13-46-15-17-48-19-21-49-20-18-47-16-14-44-10-5-3-2-4-8-33/h25-26H,2-23H2,1H3,(H,35,42)(H,36,41)(H3,34,38,39,43)/t26-/m0/s1. The van der Waals surface area contributed by atoms with Crippen LogP contribution in [-0.2, 0) is 44.6 Å². The number of aromatic nitrogens is 4. The van der Waals surface area contributed by atoms with E-state index in [1.54, 1.807) is 0 Å². The zero-order valence-electron chi connectivity index (χ0n) is 29.1. The van der Waals surface area contributed by atoms with Gasteiger partial charge in [0.2, 0.25) is 17.8 Å². The summed E-state index contributed by atoms with van der Waals surface area (Å²) in [5, 5.41) is 6.02. The summed E-state index contributed by atoms with van der Waals surface area (Å²) < 4.78 is 35.0. The molecule has 2 amide bonds. The fourth-order valence-corrected chi connectivity index (χ4v) is 6.27. The van der Waals surface area contributed by atoms with E-state index in [4.69, 9.17) is 45.8 Å². The number of hydrogen-bond donors (Lipinski definition) is 4. The van der Waals surface area contributed by atoms with Crippen LogP contribution < -0.4 is 21.9 Å². The summed E-state index contributed by atoms with van der Waals surface area (Å²) in [6.45, 7) is 8.28.